The fraction of sp³-hybridized carbons (Fsp3) is 1.00. The van der Waals surface area contributed by atoms with E-state index >= 15 is 0 Å². The number of hydrogen-bond acceptors (Lipinski definition) is 3. The summed E-state index contributed by atoms with van der Waals surface area (Å²) >= 11 is 0. The third-order valence-electron chi connectivity index (χ3n) is 2.50. The lowest BCUT2D eigenvalue weighted by molar-refractivity contribution is 0.195. The molecule has 6 heteroatoms. The van der Waals surface area contributed by atoms with Gasteiger partial charge in [-0.15, -0.1) is 0 Å². The van der Waals surface area contributed by atoms with Crippen molar-refractivity contribution in [1.82, 2.24) is 13.9 Å². The lowest BCUT2D eigenvalue weighted by Crippen LogP contribution is -2.52. The fourth-order valence-corrected chi connectivity index (χ4v) is 3.05. The molecule has 1 saturated heterocycles. The van der Waals surface area contributed by atoms with Gasteiger partial charge in [-0.25, -0.2) is 0 Å². The highest BCUT2D eigenvalue weighted by molar-refractivity contribution is 7.87. The molecule has 0 aromatic rings. The molecule has 0 amide bonds. The first-order chi connectivity index (χ1) is 6.95. The highest BCUT2D eigenvalue weighted by atomic mass is 32.2. The highest BCUT2D eigenvalue weighted by Gasteiger charge is 2.26. The summed E-state index contributed by atoms with van der Waals surface area (Å²) < 4.78 is 27.7. The van der Waals surface area contributed by atoms with E-state index in [0.29, 0.717) is 13.1 Å². The Balaban J connectivity index is 2.52. The van der Waals surface area contributed by atoms with Crippen molar-refractivity contribution in [2.75, 3.05) is 32.7 Å². The smallest absolute Gasteiger partial charge is 0.279 e. The lowest BCUT2D eigenvalue weighted by atomic mass is 10.4. The van der Waals surface area contributed by atoms with Crippen molar-refractivity contribution in [3.8, 4) is 0 Å². The Labute approximate surface area is 92.6 Å². The zero-order chi connectivity index (χ0) is 11.5. The number of piperazine rings is 1. The second-order valence-corrected chi connectivity index (χ2v) is 5.81. The topological polar surface area (TPSA) is 52.7 Å². The minimum atomic E-state index is -3.26. The van der Waals surface area contributed by atoms with Crippen molar-refractivity contribution in [2.24, 2.45) is 0 Å². The van der Waals surface area contributed by atoms with Gasteiger partial charge in [0.1, 0.15) is 0 Å². The molecule has 0 aromatic carbocycles. The zero-order valence-corrected chi connectivity index (χ0v) is 10.5. The van der Waals surface area contributed by atoms with E-state index in [1.807, 2.05) is 13.8 Å². The quantitative estimate of drug-likeness (QED) is 0.738. The first kappa shape index (κ1) is 12.9. The van der Waals surface area contributed by atoms with Crippen LogP contribution < -0.4 is 4.72 Å². The van der Waals surface area contributed by atoms with Crippen molar-refractivity contribution >= 4 is 10.2 Å². The van der Waals surface area contributed by atoms with Crippen LogP contribution in [0.25, 0.3) is 0 Å². The normalized spacial score (nSPS) is 21.1. The van der Waals surface area contributed by atoms with Crippen LogP contribution in [0.2, 0.25) is 0 Å². The Kier molecular flexibility index (Phi) is 4.51. The molecule has 1 fully saturated rings. The molecule has 0 unspecified atom stereocenters. The Morgan fingerprint density at radius 2 is 1.73 bits per heavy atom. The number of nitrogens with zero attached hydrogens (tertiary/aromatic N) is 2. The van der Waals surface area contributed by atoms with Crippen LogP contribution in [-0.2, 0) is 10.2 Å². The van der Waals surface area contributed by atoms with Gasteiger partial charge in [-0.1, -0.05) is 6.92 Å². The van der Waals surface area contributed by atoms with Crippen molar-refractivity contribution in [3.05, 3.63) is 0 Å². The van der Waals surface area contributed by atoms with Gasteiger partial charge < -0.3 is 4.90 Å². The molecule has 0 spiro atoms. The molecule has 15 heavy (non-hydrogen) atoms. The van der Waals surface area contributed by atoms with E-state index in [-0.39, 0.29) is 6.04 Å². The predicted molar refractivity (Wildman–Crippen MR) is 60.9 cm³/mol. The van der Waals surface area contributed by atoms with E-state index in [2.05, 4.69) is 16.5 Å². The minimum absolute atomic E-state index is 0.0424. The summed E-state index contributed by atoms with van der Waals surface area (Å²) in [5.41, 5.74) is 0. The average molecular weight is 235 g/mol. The third-order valence-corrected chi connectivity index (χ3v) is 4.32. The summed E-state index contributed by atoms with van der Waals surface area (Å²) in [6.07, 6.45) is 0. The van der Waals surface area contributed by atoms with Crippen LogP contribution in [-0.4, -0.2) is 56.4 Å². The van der Waals surface area contributed by atoms with Gasteiger partial charge in [0.15, 0.2) is 0 Å². The van der Waals surface area contributed by atoms with Crippen LogP contribution in [0.5, 0.6) is 0 Å². The highest BCUT2D eigenvalue weighted by Crippen LogP contribution is 2.06. The maximum absolute atomic E-state index is 11.8. The summed E-state index contributed by atoms with van der Waals surface area (Å²) in [4.78, 5) is 2.25. The number of hydrogen-bond donors (Lipinski definition) is 1. The predicted octanol–water partition coefficient (Wildman–Crippen LogP) is -0.133. The second-order valence-electron chi connectivity index (χ2n) is 4.11. The van der Waals surface area contributed by atoms with Crippen molar-refractivity contribution < 1.29 is 8.42 Å². The number of likely N-dealkylation sites (N-methyl/N-ethyl adjacent to an activating group) is 1. The molecule has 0 aliphatic carbocycles. The molecule has 0 aromatic heterocycles. The average Bonchev–Trinajstić information content (AvgIpc) is 2.16. The summed E-state index contributed by atoms with van der Waals surface area (Å²) in [5.74, 6) is 0. The summed E-state index contributed by atoms with van der Waals surface area (Å²) in [6, 6.07) is -0.0424. The van der Waals surface area contributed by atoms with Crippen LogP contribution in [0.15, 0.2) is 0 Å². The van der Waals surface area contributed by atoms with Crippen molar-refractivity contribution in [2.45, 2.75) is 26.8 Å². The standard InChI is InChI=1S/C9H21N3O2S/c1-4-11-5-7-12(8-6-11)15(13,14)10-9(2)3/h9-10H,4-8H2,1-3H3. The molecular weight excluding hydrogens is 214 g/mol. The lowest BCUT2D eigenvalue weighted by Gasteiger charge is -2.33. The molecule has 1 aliphatic rings. The van der Waals surface area contributed by atoms with Gasteiger partial charge >= 0.3 is 0 Å². The van der Waals surface area contributed by atoms with E-state index in [4.69, 9.17) is 0 Å². The maximum Gasteiger partial charge on any atom is 0.279 e. The van der Waals surface area contributed by atoms with E-state index in [9.17, 15) is 8.42 Å². The van der Waals surface area contributed by atoms with Gasteiger partial charge in [0.05, 0.1) is 0 Å². The molecule has 0 bridgehead atoms. The van der Waals surface area contributed by atoms with E-state index in [1.54, 1.807) is 0 Å². The third kappa shape index (κ3) is 3.71. The summed E-state index contributed by atoms with van der Waals surface area (Å²) in [5, 5.41) is 0. The van der Waals surface area contributed by atoms with Gasteiger partial charge in [-0.05, 0) is 20.4 Å². The minimum Gasteiger partial charge on any atom is -0.301 e. The van der Waals surface area contributed by atoms with E-state index in [0.717, 1.165) is 19.6 Å². The van der Waals surface area contributed by atoms with Crippen molar-refractivity contribution in [3.63, 3.8) is 0 Å². The Bertz CT molecular complexity index is 282. The molecule has 0 saturated carbocycles. The molecule has 0 atom stereocenters. The Hall–Kier alpha value is -0.170. The van der Waals surface area contributed by atoms with Crippen LogP contribution in [0, 0.1) is 0 Å². The first-order valence-corrected chi connectivity index (χ1v) is 6.89. The maximum atomic E-state index is 11.8. The van der Waals surface area contributed by atoms with Gasteiger partial charge in [0, 0.05) is 32.2 Å². The molecule has 1 rings (SSSR count). The van der Waals surface area contributed by atoms with E-state index in [1.165, 1.54) is 4.31 Å². The van der Waals surface area contributed by atoms with Gasteiger partial charge in [0.25, 0.3) is 10.2 Å². The molecule has 90 valence electrons. The Morgan fingerprint density at radius 1 is 1.20 bits per heavy atom. The van der Waals surface area contributed by atoms with E-state index < -0.39 is 10.2 Å². The Morgan fingerprint density at radius 3 is 2.13 bits per heavy atom. The van der Waals surface area contributed by atoms with Gasteiger partial charge in [-0.3, -0.25) is 0 Å². The first-order valence-electron chi connectivity index (χ1n) is 5.45. The molecule has 1 N–H and O–H groups in total. The monoisotopic (exact) mass is 235 g/mol. The molecule has 1 aliphatic heterocycles. The largest absolute Gasteiger partial charge is 0.301 e. The van der Waals surface area contributed by atoms with Crippen LogP contribution in [0.3, 0.4) is 0 Å². The van der Waals surface area contributed by atoms with Crippen LogP contribution in [0.4, 0.5) is 0 Å². The molecular formula is C9H21N3O2S. The second kappa shape index (κ2) is 5.25. The summed E-state index contributed by atoms with van der Waals surface area (Å²) in [7, 11) is -3.26. The molecule has 1 heterocycles. The van der Waals surface area contributed by atoms with Crippen LogP contribution >= 0.6 is 0 Å². The number of rotatable bonds is 4. The number of nitrogens with one attached hydrogen (secondary N) is 1. The molecule has 5 nitrogen and oxygen atoms in total. The van der Waals surface area contributed by atoms with Crippen molar-refractivity contribution in [1.29, 1.82) is 0 Å². The SMILES string of the molecule is CCN1CCN(S(=O)(=O)NC(C)C)CC1. The molecule has 0 radical (unpaired) electrons. The summed E-state index contributed by atoms with van der Waals surface area (Å²) in [6.45, 7) is 9.60. The van der Waals surface area contributed by atoms with Gasteiger partial charge in [0.2, 0.25) is 0 Å². The fourth-order valence-electron chi connectivity index (χ4n) is 1.66. The van der Waals surface area contributed by atoms with Gasteiger partial charge in [-0.2, -0.15) is 17.4 Å². The van der Waals surface area contributed by atoms with Crippen LogP contribution in [0.1, 0.15) is 20.8 Å². The zero-order valence-electron chi connectivity index (χ0n) is 9.73.